The van der Waals surface area contributed by atoms with Crippen molar-refractivity contribution in [3.63, 3.8) is 0 Å². The molecule has 0 amide bonds. The quantitative estimate of drug-likeness (QED) is 0.260. The first-order valence-corrected chi connectivity index (χ1v) is 8.38. The van der Waals surface area contributed by atoms with Gasteiger partial charge in [-0.05, 0) is 44.4 Å². The molecule has 0 bridgehead atoms. The highest BCUT2D eigenvalue weighted by molar-refractivity contribution is 5.79. The fourth-order valence-electron chi connectivity index (χ4n) is 2.21. The highest BCUT2D eigenvalue weighted by Crippen LogP contribution is 2.28. The fraction of sp³-hybridized carbons (Fsp3) is 0.824. The second-order valence-electron chi connectivity index (χ2n) is 5.91. The average Bonchev–Trinajstić information content (AvgIpc) is 3.30. The first-order chi connectivity index (χ1) is 10.3. The minimum Gasteiger partial charge on any atom is -0.381 e. The van der Waals surface area contributed by atoms with E-state index in [4.69, 9.17) is 4.74 Å². The number of hydrogen-bond acceptors (Lipinski definition) is 2. The lowest BCUT2D eigenvalue weighted by Crippen LogP contribution is -2.40. The van der Waals surface area contributed by atoms with Gasteiger partial charge in [-0.1, -0.05) is 12.5 Å². The fourth-order valence-corrected chi connectivity index (χ4v) is 2.21. The van der Waals surface area contributed by atoms with Crippen LogP contribution in [0.1, 0.15) is 44.9 Å². The van der Waals surface area contributed by atoms with Crippen molar-refractivity contribution in [2.24, 2.45) is 10.9 Å². The normalized spacial score (nSPS) is 15.0. The van der Waals surface area contributed by atoms with Gasteiger partial charge < -0.3 is 15.0 Å². The van der Waals surface area contributed by atoms with Crippen molar-refractivity contribution in [3.8, 4) is 0 Å². The van der Waals surface area contributed by atoms with E-state index in [2.05, 4.69) is 28.8 Å². The molecule has 1 aliphatic rings. The van der Waals surface area contributed by atoms with Gasteiger partial charge >= 0.3 is 0 Å². The van der Waals surface area contributed by atoms with E-state index in [1.54, 1.807) is 0 Å². The molecule has 0 aromatic rings. The third kappa shape index (κ3) is 9.51. The summed E-state index contributed by atoms with van der Waals surface area (Å²) < 4.78 is 5.63. The number of rotatable bonds is 12. The molecule has 1 aliphatic carbocycles. The summed E-state index contributed by atoms with van der Waals surface area (Å²) in [5.74, 6) is 1.85. The molecule has 1 fully saturated rings. The Kier molecular flexibility index (Phi) is 9.96. The molecule has 4 heteroatoms. The number of nitrogens with one attached hydrogen (secondary N) is 1. The zero-order chi connectivity index (χ0) is 15.3. The van der Waals surface area contributed by atoms with E-state index in [0.29, 0.717) is 0 Å². The Morgan fingerprint density at radius 3 is 2.81 bits per heavy atom. The number of allylic oxidation sites excluding steroid dienone is 1. The van der Waals surface area contributed by atoms with Crippen LogP contribution in [-0.4, -0.2) is 51.3 Å². The molecule has 0 radical (unpaired) electrons. The van der Waals surface area contributed by atoms with Crippen molar-refractivity contribution >= 4 is 5.96 Å². The predicted octanol–water partition coefficient (Wildman–Crippen LogP) is 3.06. The van der Waals surface area contributed by atoms with E-state index in [9.17, 15) is 0 Å². The summed E-state index contributed by atoms with van der Waals surface area (Å²) in [7, 11) is 3.95. The molecule has 4 nitrogen and oxygen atoms in total. The van der Waals surface area contributed by atoms with E-state index in [1.807, 2.05) is 13.1 Å². The van der Waals surface area contributed by atoms with Gasteiger partial charge in [0.2, 0.25) is 0 Å². The SMILES string of the molecule is C=CCCCCCN(C)C(=NC)NCCCOCC1CC1. The average molecular weight is 295 g/mol. The van der Waals surface area contributed by atoms with Gasteiger partial charge in [0.25, 0.3) is 0 Å². The first-order valence-electron chi connectivity index (χ1n) is 8.38. The third-order valence-electron chi connectivity index (χ3n) is 3.77. The van der Waals surface area contributed by atoms with Gasteiger partial charge in [0.1, 0.15) is 0 Å². The topological polar surface area (TPSA) is 36.9 Å². The van der Waals surface area contributed by atoms with Crippen LogP contribution in [0.4, 0.5) is 0 Å². The lowest BCUT2D eigenvalue weighted by atomic mass is 10.2. The number of unbranched alkanes of at least 4 members (excludes halogenated alkanes) is 3. The first kappa shape index (κ1) is 18.0. The predicted molar refractivity (Wildman–Crippen MR) is 90.8 cm³/mol. The molecular weight excluding hydrogens is 262 g/mol. The molecule has 21 heavy (non-hydrogen) atoms. The molecule has 0 aliphatic heterocycles. The molecule has 0 spiro atoms. The molecular formula is C17H33N3O. The molecule has 1 rings (SSSR count). The Balaban J connectivity index is 1.99. The molecule has 0 heterocycles. The maximum absolute atomic E-state index is 5.63. The van der Waals surface area contributed by atoms with Crippen molar-refractivity contribution in [1.29, 1.82) is 0 Å². The number of hydrogen-bond donors (Lipinski definition) is 1. The zero-order valence-corrected chi connectivity index (χ0v) is 13.9. The van der Waals surface area contributed by atoms with Crippen LogP contribution in [0.2, 0.25) is 0 Å². The van der Waals surface area contributed by atoms with E-state index in [1.165, 1.54) is 32.1 Å². The largest absolute Gasteiger partial charge is 0.381 e. The Bertz CT molecular complexity index is 300. The van der Waals surface area contributed by atoms with Gasteiger partial charge in [-0.3, -0.25) is 4.99 Å². The van der Waals surface area contributed by atoms with Crippen LogP contribution in [0.25, 0.3) is 0 Å². The Labute approximate surface area is 130 Å². The smallest absolute Gasteiger partial charge is 0.193 e. The van der Waals surface area contributed by atoms with Crippen LogP contribution in [0.15, 0.2) is 17.6 Å². The van der Waals surface area contributed by atoms with Gasteiger partial charge in [0.15, 0.2) is 5.96 Å². The van der Waals surface area contributed by atoms with E-state index in [0.717, 1.165) is 51.0 Å². The molecule has 0 saturated heterocycles. The second kappa shape index (κ2) is 11.6. The molecule has 0 unspecified atom stereocenters. The van der Waals surface area contributed by atoms with Crippen LogP contribution in [0.3, 0.4) is 0 Å². The number of ether oxygens (including phenoxy) is 1. The van der Waals surface area contributed by atoms with E-state index >= 15 is 0 Å². The van der Waals surface area contributed by atoms with Crippen LogP contribution in [-0.2, 0) is 4.74 Å². The van der Waals surface area contributed by atoms with Gasteiger partial charge in [-0.15, -0.1) is 6.58 Å². The highest BCUT2D eigenvalue weighted by atomic mass is 16.5. The monoisotopic (exact) mass is 295 g/mol. The molecule has 0 aromatic heterocycles. The summed E-state index contributed by atoms with van der Waals surface area (Å²) in [5, 5.41) is 3.40. The van der Waals surface area contributed by atoms with Crippen LogP contribution in [0, 0.1) is 5.92 Å². The standard InChI is InChI=1S/C17H33N3O/c1-4-5-6-7-8-13-20(3)17(18-2)19-12-9-14-21-15-16-10-11-16/h4,16H,1,5-15H2,2-3H3,(H,18,19). The maximum Gasteiger partial charge on any atom is 0.193 e. The van der Waals surface area contributed by atoms with Gasteiger partial charge in [0.05, 0.1) is 0 Å². The number of aliphatic imine (C=N–C) groups is 1. The minimum absolute atomic E-state index is 0.853. The van der Waals surface area contributed by atoms with Crippen molar-refractivity contribution < 1.29 is 4.74 Å². The van der Waals surface area contributed by atoms with Gasteiger partial charge in [0, 0.05) is 40.4 Å². The Morgan fingerprint density at radius 1 is 1.33 bits per heavy atom. The summed E-state index contributed by atoms with van der Waals surface area (Å²) in [6.07, 6.45) is 10.6. The summed E-state index contributed by atoms with van der Waals surface area (Å²) in [6.45, 7) is 7.54. The number of nitrogens with zero attached hydrogens (tertiary/aromatic N) is 2. The Morgan fingerprint density at radius 2 is 2.14 bits per heavy atom. The number of guanidine groups is 1. The van der Waals surface area contributed by atoms with E-state index in [-0.39, 0.29) is 0 Å². The lowest BCUT2D eigenvalue weighted by Gasteiger charge is -2.22. The molecule has 1 N–H and O–H groups in total. The summed E-state index contributed by atoms with van der Waals surface area (Å²) >= 11 is 0. The summed E-state index contributed by atoms with van der Waals surface area (Å²) in [4.78, 5) is 6.54. The van der Waals surface area contributed by atoms with Gasteiger partial charge in [-0.2, -0.15) is 0 Å². The molecule has 1 saturated carbocycles. The Hall–Kier alpha value is -1.03. The van der Waals surface area contributed by atoms with Gasteiger partial charge in [-0.25, -0.2) is 0 Å². The van der Waals surface area contributed by atoms with Crippen molar-refractivity contribution in [1.82, 2.24) is 10.2 Å². The molecule has 0 atom stereocenters. The van der Waals surface area contributed by atoms with Crippen molar-refractivity contribution in [3.05, 3.63) is 12.7 Å². The minimum atomic E-state index is 0.853. The second-order valence-corrected chi connectivity index (χ2v) is 5.91. The van der Waals surface area contributed by atoms with Crippen molar-refractivity contribution in [2.75, 3.05) is 40.4 Å². The zero-order valence-electron chi connectivity index (χ0n) is 13.9. The molecule has 122 valence electrons. The molecule has 0 aromatic carbocycles. The van der Waals surface area contributed by atoms with Crippen LogP contribution in [0.5, 0.6) is 0 Å². The van der Waals surface area contributed by atoms with Crippen molar-refractivity contribution in [2.45, 2.75) is 44.9 Å². The third-order valence-corrected chi connectivity index (χ3v) is 3.77. The maximum atomic E-state index is 5.63. The lowest BCUT2D eigenvalue weighted by molar-refractivity contribution is 0.122. The summed E-state index contributed by atoms with van der Waals surface area (Å²) in [5.41, 5.74) is 0. The van der Waals surface area contributed by atoms with E-state index < -0.39 is 0 Å². The highest BCUT2D eigenvalue weighted by Gasteiger charge is 2.20. The summed E-state index contributed by atoms with van der Waals surface area (Å²) in [6, 6.07) is 0. The van der Waals surface area contributed by atoms with Crippen LogP contribution >= 0.6 is 0 Å². The van der Waals surface area contributed by atoms with Crippen LogP contribution < -0.4 is 5.32 Å².